The zero-order valence-corrected chi connectivity index (χ0v) is 6.77. The fourth-order valence-electron chi connectivity index (χ4n) is 0.362. The SMILES string of the molecule is COCCS(=O)(=O)NOC. The molecule has 10 heavy (non-hydrogen) atoms. The van der Waals surface area contributed by atoms with Gasteiger partial charge in [0.25, 0.3) is 0 Å². The number of hydrogen-bond donors (Lipinski definition) is 1. The Kier molecular flexibility index (Phi) is 4.54. The molecule has 0 aromatic rings. The maximum atomic E-state index is 10.7. The molecule has 0 rings (SSSR count). The molecule has 1 N–H and O–H groups in total. The molecule has 0 fully saturated rings. The molecule has 0 aromatic heterocycles. The quantitative estimate of drug-likeness (QED) is 0.542. The second kappa shape index (κ2) is 4.62. The van der Waals surface area contributed by atoms with Gasteiger partial charge in [0.1, 0.15) is 0 Å². The largest absolute Gasteiger partial charge is 0.384 e. The average molecular weight is 169 g/mol. The number of nitrogens with one attached hydrogen (secondary N) is 1. The van der Waals surface area contributed by atoms with Crippen LogP contribution in [0.2, 0.25) is 0 Å². The van der Waals surface area contributed by atoms with Crippen LogP contribution in [0, 0.1) is 0 Å². The molecule has 0 saturated carbocycles. The van der Waals surface area contributed by atoms with Crippen LogP contribution in [-0.2, 0) is 19.6 Å². The first kappa shape index (κ1) is 9.83. The minimum absolute atomic E-state index is 0.0860. The Morgan fingerprint density at radius 3 is 2.40 bits per heavy atom. The summed E-state index contributed by atoms with van der Waals surface area (Å²) < 4.78 is 25.9. The van der Waals surface area contributed by atoms with Crippen LogP contribution in [0.25, 0.3) is 0 Å². The lowest BCUT2D eigenvalue weighted by atomic mass is 10.9. The molecule has 0 unspecified atom stereocenters. The van der Waals surface area contributed by atoms with Gasteiger partial charge in [0.2, 0.25) is 10.0 Å². The van der Waals surface area contributed by atoms with Crippen molar-refractivity contribution in [1.29, 1.82) is 0 Å². The van der Waals surface area contributed by atoms with Crippen molar-refractivity contribution in [3.63, 3.8) is 0 Å². The van der Waals surface area contributed by atoms with Gasteiger partial charge in [-0.1, -0.05) is 4.89 Å². The first-order chi connectivity index (χ1) is 4.62. The number of methoxy groups -OCH3 is 1. The summed E-state index contributed by atoms with van der Waals surface area (Å²) in [7, 11) is -0.618. The van der Waals surface area contributed by atoms with Crippen molar-refractivity contribution in [2.24, 2.45) is 0 Å². The summed E-state index contributed by atoms with van der Waals surface area (Å²) in [6, 6.07) is 0. The highest BCUT2D eigenvalue weighted by Gasteiger charge is 2.07. The van der Waals surface area contributed by atoms with E-state index < -0.39 is 10.0 Å². The van der Waals surface area contributed by atoms with Crippen LogP contribution < -0.4 is 4.89 Å². The summed E-state index contributed by atoms with van der Waals surface area (Å²) in [5.41, 5.74) is 0. The molecule has 0 amide bonds. The van der Waals surface area contributed by atoms with E-state index in [-0.39, 0.29) is 12.4 Å². The molecule has 5 nitrogen and oxygen atoms in total. The minimum Gasteiger partial charge on any atom is -0.384 e. The Morgan fingerprint density at radius 2 is 2.00 bits per heavy atom. The zero-order chi connectivity index (χ0) is 8.04. The van der Waals surface area contributed by atoms with E-state index >= 15 is 0 Å². The van der Waals surface area contributed by atoms with Gasteiger partial charge in [0.15, 0.2) is 0 Å². The molecule has 62 valence electrons. The van der Waals surface area contributed by atoms with Crippen molar-refractivity contribution in [3.8, 4) is 0 Å². The maximum Gasteiger partial charge on any atom is 0.235 e. The molecule has 0 bridgehead atoms. The van der Waals surface area contributed by atoms with Crippen molar-refractivity contribution >= 4 is 10.0 Å². The predicted molar refractivity (Wildman–Crippen MR) is 35.8 cm³/mol. The molecule has 0 aliphatic carbocycles. The molecule has 0 aromatic carbocycles. The van der Waals surface area contributed by atoms with Crippen LogP contribution in [-0.4, -0.2) is 35.0 Å². The van der Waals surface area contributed by atoms with E-state index in [1.54, 1.807) is 0 Å². The van der Waals surface area contributed by atoms with E-state index in [1.165, 1.54) is 14.2 Å². The molecular formula is C4H11NO4S. The Bertz CT molecular complexity index is 164. The first-order valence-electron chi connectivity index (χ1n) is 2.64. The maximum absolute atomic E-state index is 10.7. The fraction of sp³-hybridized carbons (Fsp3) is 1.00. The number of sulfonamides is 1. The standard InChI is InChI=1S/C4H11NO4S/c1-8-3-4-10(6,7)5-9-2/h5H,3-4H2,1-2H3. The first-order valence-corrected chi connectivity index (χ1v) is 4.29. The van der Waals surface area contributed by atoms with Crippen molar-refractivity contribution in [1.82, 2.24) is 4.89 Å². The van der Waals surface area contributed by atoms with Crippen LogP contribution >= 0.6 is 0 Å². The van der Waals surface area contributed by atoms with Gasteiger partial charge in [0.05, 0.1) is 19.5 Å². The molecule has 0 saturated heterocycles. The molecule has 0 radical (unpaired) electrons. The Balaban J connectivity index is 3.65. The minimum atomic E-state index is -3.29. The summed E-state index contributed by atoms with van der Waals surface area (Å²) in [6.45, 7) is 0.165. The van der Waals surface area contributed by atoms with Crippen LogP contribution in [0.1, 0.15) is 0 Å². The Labute approximate surface area is 60.3 Å². The normalized spacial score (nSPS) is 11.8. The number of hydrogen-bond acceptors (Lipinski definition) is 4. The van der Waals surface area contributed by atoms with Crippen LogP contribution in [0.4, 0.5) is 0 Å². The van der Waals surface area contributed by atoms with Crippen molar-refractivity contribution in [2.75, 3.05) is 26.6 Å². The Morgan fingerprint density at radius 1 is 1.40 bits per heavy atom. The molecular weight excluding hydrogens is 158 g/mol. The highest BCUT2D eigenvalue weighted by atomic mass is 32.2. The van der Waals surface area contributed by atoms with Gasteiger partial charge >= 0.3 is 0 Å². The molecule has 0 atom stereocenters. The molecule has 0 aliphatic heterocycles. The second-order valence-corrected chi connectivity index (χ2v) is 3.40. The van der Waals surface area contributed by atoms with E-state index in [0.717, 1.165) is 0 Å². The topological polar surface area (TPSA) is 64.6 Å². The second-order valence-electron chi connectivity index (χ2n) is 1.60. The lowest BCUT2D eigenvalue weighted by Crippen LogP contribution is -2.27. The van der Waals surface area contributed by atoms with Gasteiger partial charge in [0, 0.05) is 7.11 Å². The molecule has 0 heterocycles. The van der Waals surface area contributed by atoms with E-state index in [4.69, 9.17) is 0 Å². The molecule has 0 spiro atoms. The average Bonchev–Trinajstić information content (AvgIpc) is 1.84. The van der Waals surface area contributed by atoms with Crippen LogP contribution in [0.15, 0.2) is 0 Å². The highest BCUT2D eigenvalue weighted by molar-refractivity contribution is 7.89. The summed E-state index contributed by atoms with van der Waals surface area (Å²) in [6.07, 6.45) is 0. The van der Waals surface area contributed by atoms with Gasteiger partial charge in [-0.15, -0.1) is 0 Å². The molecule has 0 aliphatic rings. The van der Waals surface area contributed by atoms with Crippen molar-refractivity contribution < 1.29 is 18.0 Å². The molecule has 6 heteroatoms. The third kappa shape index (κ3) is 4.68. The lowest BCUT2D eigenvalue weighted by Gasteiger charge is -2.01. The summed E-state index contributed by atoms with van der Waals surface area (Å²) in [4.78, 5) is 6.06. The number of ether oxygens (including phenoxy) is 1. The van der Waals surface area contributed by atoms with Gasteiger partial charge in [-0.3, -0.25) is 4.84 Å². The van der Waals surface area contributed by atoms with Crippen molar-refractivity contribution in [3.05, 3.63) is 0 Å². The third-order valence-electron chi connectivity index (χ3n) is 0.766. The van der Waals surface area contributed by atoms with E-state index in [1.807, 2.05) is 4.89 Å². The van der Waals surface area contributed by atoms with Crippen molar-refractivity contribution in [2.45, 2.75) is 0 Å². The predicted octanol–water partition coefficient (Wildman–Crippen LogP) is -0.886. The van der Waals surface area contributed by atoms with E-state index in [0.29, 0.717) is 0 Å². The van der Waals surface area contributed by atoms with E-state index in [9.17, 15) is 8.42 Å². The van der Waals surface area contributed by atoms with E-state index in [2.05, 4.69) is 9.57 Å². The van der Waals surface area contributed by atoms with Gasteiger partial charge in [-0.05, 0) is 0 Å². The van der Waals surface area contributed by atoms with Crippen LogP contribution in [0.5, 0.6) is 0 Å². The van der Waals surface area contributed by atoms with Crippen LogP contribution in [0.3, 0.4) is 0 Å². The zero-order valence-electron chi connectivity index (χ0n) is 5.96. The Hall–Kier alpha value is -0.170. The highest BCUT2D eigenvalue weighted by Crippen LogP contribution is 1.82. The smallest absolute Gasteiger partial charge is 0.235 e. The van der Waals surface area contributed by atoms with Gasteiger partial charge in [-0.25, -0.2) is 8.42 Å². The van der Waals surface area contributed by atoms with Gasteiger partial charge in [-0.2, -0.15) is 0 Å². The monoisotopic (exact) mass is 169 g/mol. The summed E-state index contributed by atoms with van der Waals surface area (Å²) >= 11 is 0. The van der Waals surface area contributed by atoms with Gasteiger partial charge < -0.3 is 4.74 Å². The lowest BCUT2D eigenvalue weighted by molar-refractivity contribution is 0.151. The third-order valence-corrected chi connectivity index (χ3v) is 1.89. The summed E-state index contributed by atoms with van der Waals surface area (Å²) in [5, 5.41) is 0. The summed E-state index contributed by atoms with van der Waals surface area (Å²) in [5.74, 6) is -0.0860. The number of rotatable bonds is 5. The fourth-order valence-corrected chi connectivity index (χ4v) is 1.09.